The van der Waals surface area contributed by atoms with Gasteiger partial charge in [0.05, 0.1) is 43.9 Å². The molecule has 0 bridgehead atoms. The van der Waals surface area contributed by atoms with Crippen LogP contribution in [0.5, 0.6) is 0 Å². The minimum Gasteiger partial charge on any atom is -0.453 e. The third-order valence-electron chi connectivity index (χ3n) is 11.0. The van der Waals surface area contributed by atoms with E-state index in [0.717, 1.165) is 34.4 Å². The quantitative estimate of drug-likeness (QED) is 0.122. The summed E-state index contributed by atoms with van der Waals surface area (Å²) in [5, 5.41) is 5.72. The Balaban J connectivity index is 1.15. The van der Waals surface area contributed by atoms with Crippen molar-refractivity contribution in [3.05, 3.63) is 71.5 Å². The maximum Gasteiger partial charge on any atom is 0.407 e. The van der Waals surface area contributed by atoms with Gasteiger partial charge in [-0.25, -0.2) is 19.6 Å². The van der Waals surface area contributed by atoms with Crippen LogP contribution in [-0.2, 0) is 19.1 Å². The molecular formula is C42H53ClN8O6. The lowest BCUT2D eigenvalue weighted by Crippen LogP contribution is -2.51. The first-order valence-electron chi connectivity index (χ1n) is 19.5. The van der Waals surface area contributed by atoms with E-state index in [1.54, 1.807) is 11.1 Å². The van der Waals surface area contributed by atoms with Gasteiger partial charge in [-0.3, -0.25) is 9.59 Å². The van der Waals surface area contributed by atoms with Crippen LogP contribution < -0.4 is 10.6 Å². The molecule has 2 aliphatic rings. The van der Waals surface area contributed by atoms with Crippen molar-refractivity contribution in [2.24, 2.45) is 23.7 Å². The number of hydrogen-bond acceptors (Lipinski definition) is 8. The molecule has 2 saturated heterocycles. The van der Waals surface area contributed by atoms with Crippen molar-refractivity contribution in [1.82, 2.24) is 40.4 Å². The number of methoxy groups -OCH3 is 2. The van der Waals surface area contributed by atoms with E-state index < -0.39 is 24.3 Å². The van der Waals surface area contributed by atoms with Crippen LogP contribution in [0.25, 0.3) is 33.6 Å². The Labute approximate surface area is 338 Å². The van der Waals surface area contributed by atoms with Gasteiger partial charge in [0.2, 0.25) is 11.8 Å². The lowest BCUT2D eigenvalue weighted by Gasteiger charge is -2.30. The van der Waals surface area contributed by atoms with Gasteiger partial charge in [-0.2, -0.15) is 0 Å². The zero-order valence-corrected chi connectivity index (χ0v) is 34.5. The number of rotatable bonds is 11. The largest absolute Gasteiger partial charge is 0.453 e. The maximum absolute atomic E-state index is 13.7. The summed E-state index contributed by atoms with van der Waals surface area (Å²) in [4.78, 5) is 71.3. The van der Waals surface area contributed by atoms with Gasteiger partial charge in [-0.05, 0) is 53.2 Å². The molecule has 4 amide bonds. The number of aromatic nitrogens is 4. The summed E-state index contributed by atoms with van der Waals surface area (Å²) < 4.78 is 9.55. The summed E-state index contributed by atoms with van der Waals surface area (Å²) in [7, 11) is 2.57. The predicted octanol–water partition coefficient (Wildman–Crippen LogP) is 7.37. The molecule has 0 saturated carbocycles. The standard InChI is InChI=1S/C42H53ClN8O6/c1-22(2)33(47-41(54)56-7)39(52)50-20-24(5)17-31(50)37-44-19-30(45-37)28-13-9-26(10-14-28)27-11-15-29(16-12-27)35-36(43)49-38(46-35)32-18-25(6)21-51(32)40(53)34(23(3)4)48-42(55)57-8/h9-16,19,22-25,31-34H,17-18,20-21H2,1-8H3,(H,44,45)(H,46,49)(H,47,54)(H,48,55)/t24-,25-,31-,32-,33-,34-/m0/s1. The minimum atomic E-state index is -0.736. The molecule has 2 fully saturated rings. The molecule has 2 aromatic heterocycles. The number of benzene rings is 2. The molecular weight excluding hydrogens is 748 g/mol. The van der Waals surface area contributed by atoms with E-state index >= 15 is 0 Å². The number of alkyl carbamates (subject to hydrolysis) is 2. The number of halogens is 1. The number of aromatic amines is 2. The van der Waals surface area contributed by atoms with Gasteiger partial charge in [0.15, 0.2) is 5.15 Å². The Morgan fingerprint density at radius 1 is 0.702 bits per heavy atom. The van der Waals surface area contributed by atoms with Crippen molar-refractivity contribution < 1.29 is 28.7 Å². The zero-order valence-electron chi connectivity index (χ0n) is 33.8. The van der Waals surface area contributed by atoms with E-state index in [0.29, 0.717) is 42.0 Å². The lowest BCUT2D eigenvalue weighted by molar-refractivity contribution is -0.136. The van der Waals surface area contributed by atoms with Crippen molar-refractivity contribution in [2.45, 2.75) is 78.6 Å². The Bertz CT molecular complexity index is 2060. The average molecular weight is 801 g/mol. The predicted molar refractivity (Wildman–Crippen MR) is 217 cm³/mol. The molecule has 15 heteroatoms. The van der Waals surface area contributed by atoms with E-state index in [2.05, 4.69) is 51.6 Å². The van der Waals surface area contributed by atoms with Gasteiger partial charge in [0.25, 0.3) is 0 Å². The first-order chi connectivity index (χ1) is 27.2. The van der Waals surface area contributed by atoms with E-state index in [1.807, 2.05) is 69.0 Å². The monoisotopic (exact) mass is 800 g/mol. The molecule has 14 nitrogen and oxygen atoms in total. The van der Waals surface area contributed by atoms with Crippen LogP contribution in [0.2, 0.25) is 5.15 Å². The molecule has 57 heavy (non-hydrogen) atoms. The highest BCUT2D eigenvalue weighted by Crippen LogP contribution is 2.39. The number of imidazole rings is 2. The maximum atomic E-state index is 13.7. The second-order valence-corrected chi connectivity index (χ2v) is 16.4. The number of carbonyl (C=O) groups is 4. The molecule has 6 rings (SSSR count). The van der Waals surface area contributed by atoms with Crippen molar-refractivity contribution in [2.75, 3.05) is 27.3 Å². The number of ether oxygens (including phenoxy) is 2. The fourth-order valence-corrected chi connectivity index (χ4v) is 8.14. The highest BCUT2D eigenvalue weighted by Gasteiger charge is 2.42. The second kappa shape index (κ2) is 17.4. The molecule has 0 radical (unpaired) electrons. The minimum absolute atomic E-state index is 0.121. The van der Waals surface area contributed by atoms with Crippen molar-refractivity contribution in [3.63, 3.8) is 0 Å². The van der Waals surface area contributed by atoms with Gasteiger partial charge in [0.1, 0.15) is 23.7 Å². The molecule has 6 atom stereocenters. The van der Waals surface area contributed by atoms with E-state index in [4.69, 9.17) is 26.1 Å². The summed E-state index contributed by atoms with van der Waals surface area (Å²) in [6.07, 6.45) is 1.98. The van der Waals surface area contributed by atoms with E-state index in [-0.39, 0.29) is 47.6 Å². The lowest BCUT2D eigenvalue weighted by atomic mass is 10.0. The summed E-state index contributed by atoms with van der Waals surface area (Å²) in [5.41, 5.74) is 5.36. The number of carbonyl (C=O) groups excluding carboxylic acids is 4. The summed E-state index contributed by atoms with van der Waals surface area (Å²) >= 11 is 6.71. The smallest absolute Gasteiger partial charge is 0.407 e. The fraction of sp³-hybridized carbons (Fsp3) is 0.476. The number of nitrogens with zero attached hydrogens (tertiary/aromatic N) is 4. The third-order valence-corrected chi connectivity index (χ3v) is 11.3. The molecule has 0 unspecified atom stereocenters. The first kappa shape index (κ1) is 41.3. The van der Waals surface area contributed by atoms with Crippen LogP contribution in [0, 0.1) is 23.7 Å². The molecule has 304 valence electrons. The number of amides is 4. The Morgan fingerprint density at radius 2 is 1.14 bits per heavy atom. The summed E-state index contributed by atoms with van der Waals surface area (Å²) in [6.45, 7) is 12.9. The van der Waals surface area contributed by atoms with Crippen molar-refractivity contribution in [1.29, 1.82) is 0 Å². The third kappa shape index (κ3) is 8.96. The number of hydrogen-bond donors (Lipinski definition) is 4. The SMILES string of the molecule is COC(=O)N[C@H](C(=O)N1C[C@@H](C)C[C@H]1c1ncc(-c2ccc(-c3ccc(-c4[nH]c([C@@H]5C[C@H](C)CN5C(=O)[C@@H](NC(=O)OC)C(C)C)nc4Cl)cc3)cc2)[nH]1)C(C)C. The van der Waals surface area contributed by atoms with Gasteiger partial charge < -0.3 is 39.9 Å². The summed E-state index contributed by atoms with van der Waals surface area (Å²) in [6, 6.07) is 14.2. The van der Waals surface area contributed by atoms with Gasteiger partial charge in [-0.15, -0.1) is 0 Å². The molecule has 0 spiro atoms. The molecule has 2 aliphatic heterocycles. The molecule has 4 aromatic rings. The number of nitrogens with one attached hydrogen (secondary N) is 4. The number of likely N-dealkylation sites (tertiary alicyclic amines) is 2. The highest BCUT2D eigenvalue weighted by molar-refractivity contribution is 6.31. The number of H-pyrrole nitrogens is 2. The second-order valence-electron chi connectivity index (χ2n) is 16.0. The van der Waals surface area contributed by atoms with Crippen molar-refractivity contribution >= 4 is 35.6 Å². The van der Waals surface area contributed by atoms with Crippen LogP contribution in [0.4, 0.5) is 9.59 Å². The molecule has 0 aliphatic carbocycles. The van der Waals surface area contributed by atoms with Crippen LogP contribution in [0.3, 0.4) is 0 Å². The Morgan fingerprint density at radius 3 is 1.60 bits per heavy atom. The average Bonchev–Trinajstić information content (AvgIpc) is 4.01. The molecule has 2 aromatic carbocycles. The fourth-order valence-electron chi connectivity index (χ4n) is 7.90. The zero-order chi connectivity index (χ0) is 41.1. The summed E-state index contributed by atoms with van der Waals surface area (Å²) in [5.74, 6) is 1.22. The van der Waals surface area contributed by atoms with E-state index in [1.165, 1.54) is 14.2 Å². The van der Waals surface area contributed by atoms with E-state index in [9.17, 15) is 19.2 Å². The van der Waals surface area contributed by atoms with Gasteiger partial charge in [0, 0.05) is 18.7 Å². The normalized spacial score (nSPS) is 20.5. The Kier molecular flexibility index (Phi) is 12.6. The van der Waals surface area contributed by atoms with Gasteiger partial charge >= 0.3 is 12.2 Å². The van der Waals surface area contributed by atoms with Crippen LogP contribution in [-0.4, -0.2) is 93.1 Å². The molecule has 4 heterocycles. The first-order valence-corrected chi connectivity index (χ1v) is 19.9. The topological polar surface area (TPSA) is 175 Å². The van der Waals surface area contributed by atoms with Crippen LogP contribution in [0.15, 0.2) is 54.7 Å². The van der Waals surface area contributed by atoms with Gasteiger partial charge in [-0.1, -0.05) is 102 Å². The van der Waals surface area contributed by atoms with Crippen molar-refractivity contribution in [3.8, 4) is 33.6 Å². The van der Waals surface area contributed by atoms with Crippen LogP contribution in [0.1, 0.15) is 78.1 Å². The highest BCUT2D eigenvalue weighted by atomic mass is 35.5. The Hall–Kier alpha value is -5.37. The molecule has 4 N–H and O–H groups in total. The van der Waals surface area contributed by atoms with Crippen LogP contribution >= 0.6 is 11.6 Å².